The lowest BCUT2D eigenvalue weighted by Crippen LogP contribution is -2.37. The van der Waals surface area contributed by atoms with E-state index in [2.05, 4.69) is 20.4 Å². The van der Waals surface area contributed by atoms with Gasteiger partial charge in [-0.2, -0.15) is 14.0 Å². The molecule has 10 heteroatoms. The largest absolute Gasteiger partial charge is 0.490 e. The first-order valence-corrected chi connectivity index (χ1v) is 9.38. The van der Waals surface area contributed by atoms with Crippen molar-refractivity contribution >= 4 is 29.9 Å². The summed E-state index contributed by atoms with van der Waals surface area (Å²) in [6.45, 7) is 1.61. The minimum Gasteiger partial charge on any atom is -0.490 e. The van der Waals surface area contributed by atoms with Crippen LogP contribution in [0.15, 0.2) is 41.4 Å². The Bertz CT molecular complexity index is 920. The SMILES string of the molecule is CCNC(=NCc1cccc(OCC)c1OC(F)F)NCc1ccc(C#N)cc1F.I. The molecule has 2 aromatic carbocycles. The third-order valence-electron chi connectivity index (χ3n) is 3.95. The lowest BCUT2D eigenvalue weighted by Gasteiger charge is -2.15. The van der Waals surface area contributed by atoms with Gasteiger partial charge in [0.2, 0.25) is 0 Å². The van der Waals surface area contributed by atoms with Crippen molar-refractivity contribution in [1.82, 2.24) is 10.6 Å². The summed E-state index contributed by atoms with van der Waals surface area (Å²) in [4.78, 5) is 4.37. The molecule has 2 N–H and O–H groups in total. The van der Waals surface area contributed by atoms with Crippen LogP contribution in [0.25, 0.3) is 0 Å². The number of para-hydroxylation sites is 1. The van der Waals surface area contributed by atoms with Crippen LogP contribution in [0.1, 0.15) is 30.5 Å². The Hall–Kier alpha value is -2.68. The highest BCUT2D eigenvalue weighted by Gasteiger charge is 2.15. The van der Waals surface area contributed by atoms with Crippen LogP contribution < -0.4 is 20.1 Å². The van der Waals surface area contributed by atoms with E-state index in [0.29, 0.717) is 30.2 Å². The molecule has 0 spiro atoms. The van der Waals surface area contributed by atoms with Gasteiger partial charge >= 0.3 is 6.61 Å². The molecule has 0 amide bonds. The van der Waals surface area contributed by atoms with E-state index in [-0.39, 0.29) is 54.1 Å². The summed E-state index contributed by atoms with van der Waals surface area (Å²) in [7, 11) is 0. The Morgan fingerprint density at radius 2 is 1.94 bits per heavy atom. The molecule has 0 atom stereocenters. The molecule has 0 aliphatic carbocycles. The Morgan fingerprint density at radius 1 is 1.16 bits per heavy atom. The summed E-state index contributed by atoms with van der Waals surface area (Å²) in [5.74, 6) is 0.00991. The molecular weight excluding hydrogens is 524 g/mol. The number of nitrogens with one attached hydrogen (secondary N) is 2. The molecule has 0 heterocycles. The van der Waals surface area contributed by atoms with Crippen LogP contribution in [0.4, 0.5) is 13.2 Å². The first kappa shape index (κ1) is 26.4. The number of benzene rings is 2. The number of nitrogens with zero attached hydrogens (tertiary/aromatic N) is 2. The monoisotopic (exact) mass is 548 g/mol. The van der Waals surface area contributed by atoms with Crippen molar-refractivity contribution in [3.63, 3.8) is 0 Å². The molecule has 0 bridgehead atoms. The van der Waals surface area contributed by atoms with Gasteiger partial charge in [-0.25, -0.2) is 9.38 Å². The van der Waals surface area contributed by atoms with Crippen molar-refractivity contribution in [2.45, 2.75) is 33.5 Å². The zero-order chi connectivity index (χ0) is 21.9. The van der Waals surface area contributed by atoms with Gasteiger partial charge in [0.1, 0.15) is 5.82 Å². The molecule has 0 saturated heterocycles. The number of hydrogen-bond acceptors (Lipinski definition) is 4. The topological polar surface area (TPSA) is 78.7 Å². The van der Waals surface area contributed by atoms with Gasteiger partial charge in [-0.05, 0) is 32.0 Å². The summed E-state index contributed by atoms with van der Waals surface area (Å²) in [5.41, 5.74) is 1.01. The maximum Gasteiger partial charge on any atom is 0.387 e. The normalized spacial score (nSPS) is 10.8. The second-order valence-corrected chi connectivity index (χ2v) is 6.02. The molecule has 168 valence electrons. The van der Waals surface area contributed by atoms with Crippen LogP contribution in [0, 0.1) is 17.1 Å². The van der Waals surface area contributed by atoms with Crippen molar-refractivity contribution < 1.29 is 22.6 Å². The second-order valence-electron chi connectivity index (χ2n) is 6.02. The maximum atomic E-state index is 14.1. The molecule has 0 aliphatic rings. The van der Waals surface area contributed by atoms with E-state index in [4.69, 9.17) is 10.00 Å². The highest BCUT2D eigenvalue weighted by Crippen LogP contribution is 2.33. The van der Waals surface area contributed by atoms with Crippen molar-refractivity contribution in [3.05, 3.63) is 58.9 Å². The Kier molecular flexibility index (Phi) is 11.6. The molecule has 0 fully saturated rings. The summed E-state index contributed by atoms with van der Waals surface area (Å²) in [6, 6.07) is 10.9. The first-order chi connectivity index (χ1) is 14.5. The number of guanidine groups is 1. The van der Waals surface area contributed by atoms with E-state index < -0.39 is 12.4 Å². The highest BCUT2D eigenvalue weighted by atomic mass is 127. The third kappa shape index (κ3) is 8.16. The Balaban J connectivity index is 0.00000480. The van der Waals surface area contributed by atoms with Crippen LogP contribution in [0.5, 0.6) is 11.5 Å². The lowest BCUT2D eigenvalue weighted by atomic mass is 10.1. The van der Waals surface area contributed by atoms with E-state index in [0.717, 1.165) is 6.07 Å². The van der Waals surface area contributed by atoms with Crippen LogP contribution in [-0.4, -0.2) is 25.7 Å². The molecule has 0 aromatic heterocycles. The van der Waals surface area contributed by atoms with E-state index in [1.54, 1.807) is 25.1 Å². The minimum atomic E-state index is -3.00. The summed E-state index contributed by atoms with van der Waals surface area (Å²) >= 11 is 0. The smallest absolute Gasteiger partial charge is 0.387 e. The highest BCUT2D eigenvalue weighted by molar-refractivity contribution is 14.0. The molecule has 2 rings (SSSR count). The molecular formula is C21H24F3IN4O2. The number of hydrogen-bond donors (Lipinski definition) is 2. The van der Waals surface area contributed by atoms with Crippen LogP contribution >= 0.6 is 24.0 Å². The van der Waals surface area contributed by atoms with Gasteiger partial charge in [0.15, 0.2) is 17.5 Å². The summed E-state index contributed by atoms with van der Waals surface area (Å²) in [5, 5.41) is 14.8. The zero-order valence-corrected chi connectivity index (χ0v) is 19.5. The molecule has 0 saturated carbocycles. The molecule has 0 aliphatic heterocycles. The van der Waals surface area contributed by atoms with Gasteiger partial charge in [-0.1, -0.05) is 18.2 Å². The fraction of sp³-hybridized carbons (Fsp3) is 0.333. The standard InChI is InChI=1S/C21H23F3N4O2.HI/c1-3-26-21(27-12-15-9-8-14(11-25)10-17(15)22)28-13-16-6-5-7-18(29-4-2)19(16)30-20(23)24;/h5-10,20H,3-4,12-13H2,1-2H3,(H2,26,27,28);1H. The summed E-state index contributed by atoms with van der Waals surface area (Å²) < 4.78 is 49.8. The minimum absolute atomic E-state index is 0. The van der Waals surface area contributed by atoms with Gasteiger partial charge in [-0.3, -0.25) is 0 Å². The Morgan fingerprint density at radius 3 is 2.55 bits per heavy atom. The van der Waals surface area contributed by atoms with Crippen LogP contribution in [-0.2, 0) is 13.1 Å². The summed E-state index contributed by atoms with van der Waals surface area (Å²) in [6.07, 6.45) is 0. The maximum absolute atomic E-state index is 14.1. The predicted molar refractivity (Wildman–Crippen MR) is 122 cm³/mol. The van der Waals surface area contributed by atoms with Crippen molar-refractivity contribution in [2.24, 2.45) is 4.99 Å². The van der Waals surface area contributed by atoms with Gasteiger partial charge in [0, 0.05) is 24.2 Å². The first-order valence-electron chi connectivity index (χ1n) is 9.38. The molecule has 31 heavy (non-hydrogen) atoms. The predicted octanol–water partition coefficient (Wildman–Crippen LogP) is 4.57. The van der Waals surface area contributed by atoms with E-state index in [1.807, 2.05) is 13.0 Å². The number of ether oxygens (including phenoxy) is 2. The van der Waals surface area contributed by atoms with E-state index >= 15 is 0 Å². The van der Waals surface area contributed by atoms with Crippen molar-refractivity contribution in [3.8, 4) is 17.6 Å². The number of alkyl halides is 2. The lowest BCUT2D eigenvalue weighted by molar-refractivity contribution is -0.0520. The zero-order valence-electron chi connectivity index (χ0n) is 17.1. The number of nitriles is 1. The van der Waals surface area contributed by atoms with E-state index in [9.17, 15) is 13.2 Å². The molecule has 0 radical (unpaired) electrons. The van der Waals surface area contributed by atoms with Crippen molar-refractivity contribution in [1.29, 1.82) is 5.26 Å². The fourth-order valence-corrected chi connectivity index (χ4v) is 2.62. The molecule has 6 nitrogen and oxygen atoms in total. The average Bonchev–Trinajstić information content (AvgIpc) is 2.72. The van der Waals surface area contributed by atoms with Gasteiger partial charge in [-0.15, -0.1) is 24.0 Å². The van der Waals surface area contributed by atoms with Gasteiger partial charge < -0.3 is 20.1 Å². The number of halogens is 4. The number of rotatable bonds is 9. The van der Waals surface area contributed by atoms with Gasteiger partial charge in [0.25, 0.3) is 0 Å². The van der Waals surface area contributed by atoms with Crippen molar-refractivity contribution in [2.75, 3.05) is 13.2 Å². The molecule has 0 unspecified atom stereocenters. The van der Waals surface area contributed by atoms with Crippen LogP contribution in [0.3, 0.4) is 0 Å². The quantitative estimate of drug-likeness (QED) is 0.273. The van der Waals surface area contributed by atoms with Crippen LogP contribution in [0.2, 0.25) is 0 Å². The average molecular weight is 548 g/mol. The second kappa shape index (κ2) is 13.6. The molecule has 2 aromatic rings. The number of aliphatic imine (C=N–C) groups is 1. The Labute approximate surface area is 196 Å². The fourth-order valence-electron chi connectivity index (χ4n) is 2.62. The van der Waals surface area contributed by atoms with Gasteiger partial charge in [0.05, 0.1) is 24.8 Å². The third-order valence-corrected chi connectivity index (χ3v) is 3.95. The van der Waals surface area contributed by atoms with E-state index in [1.165, 1.54) is 12.1 Å².